The molecule has 9 rings (SSSR count). The van der Waals surface area contributed by atoms with E-state index in [0.717, 1.165) is 50.0 Å². The smallest absolute Gasteiger partial charge is 0.175 e. The summed E-state index contributed by atoms with van der Waals surface area (Å²) in [4.78, 5) is 9.27. The largest absolute Gasteiger partial charge is 0.308 e. The monoisotopic (exact) mass is 672 g/mol. The number of rotatable bonds is 5. The van der Waals surface area contributed by atoms with Gasteiger partial charge in [-0.2, -0.15) is 0 Å². The van der Waals surface area contributed by atoms with E-state index in [2.05, 4.69) is 143 Å². The Morgan fingerprint density at radius 2 is 0.625 bits per heavy atom. The van der Waals surface area contributed by atoms with Gasteiger partial charge in [-0.15, -0.1) is 0 Å². The lowest BCUT2D eigenvalue weighted by atomic mass is 10.2. The van der Waals surface area contributed by atoms with Crippen molar-refractivity contribution < 1.29 is 4.57 Å². The highest BCUT2D eigenvalue weighted by molar-refractivity contribution is 8.00. The predicted octanol–water partition coefficient (Wildman–Crippen LogP) is 11.2. The minimum atomic E-state index is -3.53. The van der Waals surface area contributed by atoms with Crippen molar-refractivity contribution in [2.75, 3.05) is 9.80 Å². The third-order valence-electron chi connectivity index (χ3n) is 8.91. The van der Waals surface area contributed by atoms with Gasteiger partial charge in [-0.3, -0.25) is 0 Å². The van der Waals surface area contributed by atoms with E-state index in [0.29, 0.717) is 0 Å². The number of hydrogen-bond acceptors (Lipinski definition) is 5. The SMILES string of the molecule is O=P(c1ccccc1)(c1ccccc1N1c2ccccc2Sc2ccccc21)c1ccccc1N1c2ccccc2Sc2ccccc21. The molecule has 0 unspecified atom stereocenters. The summed E-state index contributed by atoms with van der Waals surface area (Å²) in [6, 6.07) is 60.6. The second-order valence-corrected chi connectivity index (χ2v) is 16.5. The van der Waals surface area contributed by atoms with Crippen molar-refractivity contribution in [3.63, 3.8) is 0 Å². The van der Waals surface area contributed by atoms with Crippen LogP contribution in [0.1, 0.15) is 0 Å². The van der Waals surface area contributed by atoms with Crippen molar-refractivity contribution in [3.05, 3.63) is 176 Å². The number of benzene rings is 7. The zero-order valence-electron chi connectivity index (χ0n) is 25.8. The van der Waals surface area contributed by atoms with Gasteiger partial charge in [0.1, 0.15) is 0 Å². The van der Waals surface area contributed by atoms with Crippen molar-refractivity contribution in [3.8, 4) is 0 Å². The predicted molar refractivity (Wildman–Crippen MR) is 203 cm³/mol. The second kappa shape index (κ2) is 11.9. The van der Waals surface area contributed by atoms with E-state index in [1.165, 1.54) is 19.6 Å². The fourth-order valence-corrected chi connectivity index (χ4v) is 11.9. The maximum Gasteiger partial charge on any atom is 0.175 e. The molecular weight excluding hydrogens is 644 g/mol. The molecule has 2 aliphatic rings. The van der Waals surface area contributed by atoms with Gasteiger partial charge < -0.3 is 14.4 Å². The van der Waals surface area contributed by atoms with E-state index >= 15 is 4.57 Å². The average Bonchev–Trinajstić information content (AvgIpc) is 3.16. The van der Waals surface area contributed by atoms with Crippen molar-refractivity contribution in [1.82, 2.24) is 0 Å². The number of hydrogen-bond donors (Lipinski definition) is 0. The molecule has 0 aliphatic carbocycles. The molecule has 2 aliphatic heterocycles. The summed E-state index contributed by atoms with van der Waals surface area (Å²) in [7, 11) is -3.53. The van der Waals surface area contributed by atoms with Crippen LogP contribution in [0, 0.1) is 0 Å². The van der Waals surface area contributed by atoms with Crippen LogP contribution in [-0.2, 0) is 4.57 Å². The molecule has 0 saturated carbocycles. The summed E-state index contributed by atoms with van der Waals surface area (Å²) in [6.45, 7) is 0. The summed E-state index contributed by atoms with van der Waals surface area (Å²) in [5.41, 5.74) is 6.15. The van der Waals surface area contributed by atoms with Crippen LogP contribution < -0.4 is 25.7 Å². The quantitative estimate of drug-likeness (QED) is 0.169. The van der Waals surface area contributed by atoms with Crippen LogP contribution in [0.25, 0.3) is 0 Å². The Morgan fingerprint density at radius 1 is 0.333 bits per heavy atom. The minimum absolute atomic E-state index is 0.797. The molecule has 0 radical (unpaired) electrons. The highest BCUT2D eigenvalue weighted by Gasteiger charge is 2.39. The Morgan fingerprint density at radius 3 is 1.00 bits per heavy atom. The first-order valence-electron chi connectivity index (χ1n) is 15.9. The Labute approximate surface area is 289 Å². The Bertz CT molecular complexity index is 2140. The molecule has 0 fully saturated rings. The van der Waals surface area contributed by atoms with Crippen LogP contribution in [0.5, 0.6) is 0 Å². The average molecular weight is 673 g/mol. The van der Waals surface area contributed by atoms with E-state index in [1.54, 1.807) is 23.5 Å². The van der Waals surface area contributed by atoms with Crippen molar-refractivity contribution in [2.45, 2.75) is 19.6 Å². The van der Waals surface area contributed by atoms with Crippen LogP contribution in [0.4, 0.5) is 34.1 Å². The molecule has 230 valence electrons. The zero-order valence-corrected chi connectivity index (χ0v) is 28.3. The van der Waals surface area contributed by atoms with E-state index < -0.39 is 7.14 Å². The molecular formula is C42H29N2OPS2. The lowest BCUT2D eigenvalue weighted by Crippen LogP contribution is -2.32. The number of anilines is 6. The maximum absolute atomic E-state index is 16.7. The highest BCUT2D eigenvalue weighted by Crippen LogP contribution is 2.57. The fraction of sp³-hybridized carbons (Fsp3) is 0. The Hall–Kier alpha value is -4.93. The summed E-state index contributed by atoms with van der Waals surface area (Å²) in [5.74, 6) is 0. The number of nitrogens with zero attached hydrogens (tertiary/aromatic N) is 2. The van der Waals surface area contributed by atoms with Gasteiger partial charge in [0.25, 0.3) is 0 Å². The van der Waals surface area contributed by atoms with Crippen molar-refractivity contribution in [1.29, 1.82) is 0 Å². The fourth-order valence-electron chi connectivity index (χ4n) is 6.81. The van der Waals surface area contributed by atoms with Crippen molar-refractivity contribution in [2.24, 2.45) is 0 Å². The molecule has 7 aromatic rings. The van der Waals surface area contributed by atoms with Gasteiger partial charge in [-0.05, 0) is 72.8 Å². The van der Waals surface area contributed by atoms with Gasteiger partial charge in [-0.25, -0.2) is 0 Å². The molecule has 6 heteroatoms. The summed E-state index contributed by atoms with van der Waals surface area (Å²) >= 11 is 3.55. The molecule has 2 heterocycles. The molecule has 48 heavy (non-hydrogen) atoms. The number of para-hydroxylation sites is 6. The van der Waals surface area contributed by atoms with Gasteiger partial charge >= 0.3 is 0 Å². The second-order valence-electron chi connectivity index (χ2n) is 11.7. The lowest BCUT2D eigenvalue weighted by molar-refractivity contribution is 0.592. The van der Waals surface area contributed by atoms with E-state index in [9.17, 15) is 0 Å². The Balaban J connectivity index is 1.34. The zero-order chi connectivity index (χ0) is 32.1. The molecule has 0 spiro atoms. The minimum Gasteiger partial charge on any atom is -0.308 e. The topological polar surface area (TPSA) is 23.6 Å². The summed E-state index contributed by atoms with van der Waals surface area (Å²) in [5, 5.41) is 2.40. The van der Waals surface area contributed by atoms with E-state index in [1.807, 2.05) is 42.5 Å². The molecule has 0 saturated heterocycles. The van der Waals surface area contributed by atoms with Gasteiger partial charge in [0.15, 0.2) is 7.14 Å². The molecule has 0 N–H and O–H groups in total. The van der Waals surface area contributed by atoms with Crippen LogP contribution in [0.15, 0.2) is 196 Å². The first kappa shape index (κ1) is 29.2. The molecule has 0 atom stereocenters. The third-order valence-corrected chi connectivity index (χ3v) is 14.3. The molecule has 0 aromatic heterocycles. The van der Waals surface area contributed by atoms with Gasteiger partial charge in [0.05, 0.1) is 34.1 Å². The van der Waals surface area contributed by atoms with Crippen LogP contribution in [0.2, 0.25) is 0 Å². The first-order chi connectivity index (χ1) is 23.7. The standard InChI is InChI=1S/C42H29N2OPS2/c45-46(30-16-2-1-3-17-30,37-24-10-4-18-31(37)43-33-20-6-12-26-39(33)47-40-27-13-7-21-34(40)43)38-25-11-5-19-32(38)44-35-22-8-14-28-41(35)48-42-29-15-9-23-36(42)44/h1-29H. The van der Waals surface area contributed by atoms with Gasteiger partial charge in [0.2, 0.25) is 0 Å². The maximum atomic E-state index is 16.7. The van der Waals surface area contributed by atoms with E-state index in [-0.39, 0.29) is 0 Å². The first-order valence-corrected chi connectivity index (χ1v) is 19.2. The number of fused-ring (bicyclic) bond motifs is 4. The van der Waals surface area contributed by atoms with Gasteiger partial charge in [-0.1, -0.05) is 127 Å². The summed E-state index contributed by atoms with van der Waals surface area (Å²) in [6.07, 6.45) is 0. The molecule has 7 aromatic carbocycles. The molecule has 3 nitrogen and oxygen atoms in total. The van der Waals surface area contributed by atoms with Crippen molar-refractivity contribution >= 4 is 80.7 Å². The summed E-state index contributed by atoms with van der Waals surface area (Å²) < 4.78 is 16.7. The highest BCUT2D eigenvalue weighted by atomic mass is 32.2. The van der Waals surface area contributed by atoms with Gasteiger partial charge in [0, 0.05) is 35.5 Å². The van der Waals surface area contributed by atoms with Crippen LogP contribution in [-0.4, -0.2) is 0 Å². The van der Waals surface area contributed by atoms with Crippen LogP contribution in [0.3, 0.4) is 0 Å². The third kappa shape index (κ3) is 4.65. The Kier molecular flexibility index (Phi) is 7.27. The normalized spacial score (nSPS) is 13.2. The van der Waals surface area contributed by atoms with Crippen LogP contribution >= 0.6 is 30.7 Å². The molecule has 0 amide bonds. The lowest BCUT2D eigenvalue weighted by Gasteiger charge is -2.37. The molecule has 0 bridgehead atoms. The van der Waals surface area contributed by atoms with E-state index in [4.69, 9.17) is 0 Å².